The van der Waals surface area contributed by atoms with E-state index in [9.17, 15) is 4.79 Å². The molecule has 1 aromatic heterocycles. The van der Waals surface area contributed by atoms with Gasteiger partial charge in [-0.25, -0.2) is 0 Å². The van der Waals surface area contributed by atoms with Crippen LogP contribution in [-0.2, 0) is 4.79 Å². The summed E-state index contributed by atoms with van der Waals surface area (Å²) in [7, 11) is 0. The van der Waals surface area contributed by atoms with Crippen LogP contribution in [0.25, 0.3) is 0 Å². The second-order valence-corrected chi connectivity index (χ2v) is 6.88. The Hall–Kier alpha value is -2.34. The zero-order valence-electron chi connectivity index (χ0n) is 14.3. The normalized spacial score (nSPS) is 23.5. The van der Waals surface area contributed by atoms with Crippen molar-refractivity contribution >= 4 is 5.91 Å². The molecule has 0 saturated carbocycles. The highest BCUT2D eigenvalue weighted by Gasteiger charge is 2.26. The van der Waals surface area contributed by atoms with Crippen molar-refractivity contribution in [2.75, 3.05) is 26.2 Å². The molecule has 1 aromatic carbocycles. The maximum Gasteiger partial charge on any atom is 0.234 e. The van der Waals surface area contributed by atoms with Gasteiger partial charge in [0.15, 0.2) is 0 Å². The summed E-state index contributed by atoms with van der Waals surface area (Å²) in [6, 6.07) is 10.0. The van der Waals surface area contributed by atoms with Gasteiger partial charge in [-0.05, 0) is 31.5 Å². The van der Waals surface area contributed by atoms with Crippen molar-refractivity contribution in [3.63, 3.8) is 0 Å². The molecule has 0 radical (unpaired) electrons. The van der Waals surface area contributed by atoms with E-state index < -0.39 is 0 Å². The molecule has 1 amide bonds. The number of carbonyl (C=O) groups is 1. The lowest BCUT2D eigenvalue weighted by Gasteiger charge is -2.32. The fourth-order valence-corrected chi connectivity index (χ4v) is 3.88. The van der Waals surface area contributed by atoms with Gasteiger partial charge in [-0.1, -0.05) is 18.2 Å². The molecule has 25 heavy (non-hydrogen) atoms. The summed E-state index contributed by atoms with van der Waals surface area (Å²) in [5.41, 5.74) is 2.25. The molecule has 2 aliphatic heterocycles. The topological polar surface area (TPSA) is 70.2 Å². The van der Waals surface area contributed by atoms with Crippen molar-refractivity contribution in [2.45, 2.75) is 31.2 Å². The Morgan fingerprint density at radius 1 is 1.32 bits per heavy atom. The maximum atomic E-state index is 12.6. The predicted octanol–water partition coefficient (Wildman–Crippen LogP) is 2.23. The van der Waals surface area contributed by atoms with Crippen molar-refractivity contribution in [3.05, 3.63) is 47.8 Å². The number of para-hydroxylation sites is 1. The van der Waals surface area contributed by atoms with Crippen LogP contribution in [0.1, 0.15) is 42.5 Å². The van der Waals surface area contributed by atoms with Crippen LogP contribution in [0.5, 0.6) is 5.75 Å². The molecule has 2 aromatic rings. The molecule has 1 saturated heterocycles. The summed E-state index contributed by atoms with van der Waals surface area (Å²) in [5, 5.41) is 10.3. The molecular formula is C19H24N4O2. The lowest BCUT2D eigenvalue weighted by molar-refractivity contribution is -0.123. The first-order valence-electron chi connectivity index (χ1n) is 9.02. The number of nitrogens with zero attached hydrogens (tertiary/aromatic N) is 2. The number of H-pyrrole nitrogens is 1. The van der Waals surface area contributed by atoms with Gasteiger partial charge < -0.3 is 10.1 Å². The molecule has 1 fully saturated rings. The van der Waals surface area contributed by atoms with Gasteiger partial charge in [0, 0.05) is 36.3 Å². The van der Waals surface area contributed by atoms with Gasteiger partial charge in [0.05, 0.1) is 19.2 Å². The summed E-state index contributed by atoms with van der Waals surface area (Å²) in [6.45, 7) is 2.97. The van der Waals surface area contributed by atoms with Crippen molar-refractivity contribution in [2.24, 2.45) is 0 Å². The van der Waals surface area contributed by atoms with Crippen molar-refractivity contribution < 1.29 is 9.53 Å². The van der Waals surface area contributed by atoms with Gasteiger partial charge in [-0.15, -0.1) is 0 Å². The van der Waals surface area contributed by atoms with Crippen LogP contribution >= 0.6 is 0 Å². The van der Waals surface area contributed by atoms with Crippen LogP contribution in [0.3, 0.4) is 0 Å². The number of rotatable bonds is 4. The molecule has 0 spiro atoms. The van der Waals surface area contributed by atoms with E-state index in [1.807, 2.05) is 30.3 Å². The Morgan fingerprint density at radius 3 is 3.12 bits per heavy atom. The molecule has 0 aliphatic carbocycles. The van der Waals surface area contributed by atoms with Gasteiger partial charge in [-0.2, -0.15) is 5.10 Å². The first kappa shape index (κ1) is 16.1. The molecule has 2 aliphatic rings. The monoisotopic (exact) mass is 340 g/mol. The third-order valence-corrected chi connectivity index (χ3v) is 5.13. The fourth-order valence-electron chi connectivity index (χ4n) is 3.88. The molecule has 132 valence electrons. The largest absolute Gasteiger partial charge is 0.493 e. The minimum absolute atomic E-state index is 0.0469. The van der Waals surface area contributed by atoms with E-state index in [-0.39, 0.29) is 11.9 Å². The van der Waals surface area contributed by atoms with Gasteiger partial charge in [0.25, 0.3) is 0 Å². The molecule has 4 rings (SSSR count). The second-order valence-electron chi connectivity index (χ2n) is 6.88. The molecule has 0 unspecified atom stereocenters. The number of carbonyl (C=O) groups excluding carboxylic acids is 1. The van der Waals surface area contributed by atoms with Crippen LogP contribution in [0.15, 0.2) is 36.5 Å². The van der Waals surface area contributed by atoms with Crippen molar-refractivity contribution in [1.29, 1.82) is 0 Å². The summed E-state index contributed by atoms with van der Waals surface area (Å²) >= 11 is 0. The molecule has 0 bridgehead atoms. The van der Waals surface area contributed by atoms with Crippen LogP contribution in [-0.4, -0.2) is 47.2 Å². The van der Waals surface area contributed by atoms with Crippen LogP contribution in [0, 0.1) is 0 Å². The summed E-state index contributed by atoms with van der Waals surface area (Å²) < 4.78 is 5.67. The minimum atomic E-state index is 0.0469. The molecule has 6 heteroatoms. The van der Waals surface area contributed by atoms with Gasteiger partial charge in [0.1, 0.15) is 5.75 Å². The van der Waals surface area contributed by atoms with Gasteiger partial charge >= 0.3 is 0 Å². The minimum Gasteiger partial charge on any atom is -0.493 e. The Labute approximate surface area is 147 Å². The standard InChI is InChI=1S/C19H24N4O2/c24-19(21-17-8-11-25-18-6-2-1-5-15(17)18)13-23-10-3-4-14(12-23)16-7-9-20-22-16/h1-2,5-7,9,14,17H,3-4,8,10-13H2,(H,20,22)(H,21,24)/t14-,17-/m1/s1. The maximum absolute atomic E-state index is 12.6. The smallest absolute Gasteiger partial charge is 0.234 e. The molecular weight excluding hydrogens is 316 g/mol. The Balaban J connectivity index is 1.35. The highest BCUT2D eigenvalue weighted by atomic mass is 16.5. The zero-order valence-corrected chi connectivity index (χ0v) is 14.3. The van der Waals surface area contributed by atoms with E-state index >= 15 is 0 Å². The quantitative estimate of drug-likeness (QED) is 0.895. The predicted molar refractivity (Wildman–Crippen MR) is 94.4 cm³/mol. The van der Waals surface area contributed by atoms with Crippen LogP contribution < -0.4 is 10.1 Å². The van der Waals surface area contributed by atoms with Gasteiger partial charge in [0.2, 0.25) is 5.91 Å². The van der Waals surface area contributed by atoms with Crippen LogP contribution in [0.2, 0.25) is 0 Å². The lowest BCUT2D eigenvalue weighted by Crippen LogP contribution is -2.43. The lowest BCUT2D eigenvalue weighted by atomic mass is 9.95. The molecule has 2 N–H and O–H groups in total. The summed E-state index contributed by atoms with van der Waals surface area (Å²) in [4.78, 5) is 14.8. The summed E-state index contributed by atoms with van der Waals surface area (Å²) in [6.07, 6.45) is 4.87. The van der Waals surface area contributed by atoms with Crippen molar-refractivity contribution in [3.8, 4) is 5.75 Å². The Morgan fingerprint density at radius 2 is 2.24 bits per heavy atom. The van der Waals surface area contributed by atoms with Crippen LogP contribution in [0.4, 0.5) is 0 Å². The highest BCUT2D eigenvalue weighted by molar-refractivity contribution is 5.78. The third kappa shape index (κ3) is 3.69. The molecule has 2 atom stereocenters. The number of hydrogen-bond donors (Lipinski definition) is 2. The number of fused-ring (bicyclic) bond motifs is 1. The number of ether oxygens (including phenoxy) is 1. The van der Waals surface area contributed by atoms with Gasteiger partial charge in [-0.3, -0.25) is 14.8 Å². The first-order valence-corrected chi connectivity index (χ1v) is 9.02. The number of aromatic nitrogens is 2. The second kappa shape index (κ2) is 7.27. The van der Waals surface area contributed by atoms with E-state index in [2.05, 4.69) is 20.4 Å². The summed E-state index contributed by atoms with van der Waals surface area (Å²) in [5.74, 6) is 1.41. The third-order valence-electron chi connectivity index (χ3n) is 5.13. The Kier molecular flexibility index (Phi) is 4.70. The number of hydrogen-bond acceptors (Lipinski definition) is 4. The van der Waals surface area contributed by atoms with E-state index in [0.29, 0.717) is 19.1 Å². The Bertz CT molecular complexity index is 716. The number of piperidine rings is 1. The van der Waals surface area contributed by atoms with E-state index in [0.717, 1.165) is 43.7 Å². The number of likely N-dealkylation sites (tertiary alicyclic amines) is 1. The van der Waals surface area contributed by atoms with E-state index in [4.69, 9.17) is 4.74 Å². The van der Waals surface area contributed by atoms with E-state index in [1.54, 1.807) is 6.20 Å². The number of aromatic amines is 1. The molecule has 6 nitrogen and oxygen atoms in total. The number of nitrogens with one attached hydrogen (secondary N) is 2. The highest BCUT2D eigenvalue weighted by Crippen LogP contribution is 2.31. The average molecular weight is 340 g/mol. The van der Waals surface area contributed by atoms with E-state index in [1.165, 1.54) is 5.69 Å². The average Bonchev–Trinajstić information content (AvgIpc) is 3.17. The fraction of sp³-hybridized carbons (Fsp3) is 0.474. The first-order chi connectivity index (χ1) is 12.3. The zero-order chi connectivity index (χ0) is 17.1. The molecule has 3 heterocycles. The SMILES string of the molecule is O=C(CN1CCC[C@@H](c2ccn[nH]2)C1)N[C@@H]1CCOc2ccccc21. The van der Waals surface area contributed by atoms with Crippen molar-refractivity contribution in [1.82, 2.24) is 20.4 Å². The number of benzene rings is 1. The number of amides is 1.